The average molecular weight is 295 g/mol. The van der Waals surface area contributed by atoms with E-state index in [1.165, 1.54) is 0 Å². The normalized spacial score (nSPS) is 16.2. The van der Waals surface area contributed by atoms with Crippen LogP contribution in [0.15, 0.2) is 48.5 Å². The zero-order chi connectivity index (χ0) is 15.5. The largest absolute Gasteiger partial charge is 0.372 e. The van der Waals surface area contributed by atoms with Gasteiger partial charge < -0.3 is 16.0 Å². The SMILES string of the molecule is Cc1cccc(NC(=O)C[C@H]2Nc3ccccc3NC2=O)c1. The number of nitrogens with one attached hydrogen (secondary N) is 3. The van der Waals surface area contributed by atoms with Gasteiger partial charge in [-0.05, 0) is 36.8 Å². The molecule has 2 aromatic rings. The van der Waals surface area contributed by atoms with Crippen LogP contribution in [0.1, 0.15) is 12.0 Å². The molecule has 0 saturated heterocycles. The van der Waals surface area contributed by atoms with Crippen LogP contribution in [0.25, 0.3) is 0 Å². The van der Waals surface area contributed by atoms with E-state index in [2.05, 4.69) is 16.0 Å². The van der Waals surface area contributed by atoms with Crippen LogP contribution in [0.4, 0.5) is 17.1 Å². The number of carbonyl (C=O) groups excluding carboxylic acids is 2. The fraction of sp³-hybridized carbons (Fsp3) is 0.176. The zero-order valence-corrected chi connectivity index (χ0v) is 12.2. The molecule has 2 amide bonds. The summed E-state index contributed by atoms with van der Waals surface area (Å²) in [6, 6.07) is 14.4. The summed E-state index contributed by atoms with van der Waals surface area (Å²) in [5, 5.41) is 8.72. The minimum Gasteiger partial charge on any atom is -0.372 e. The van der Waals surface area contributed by atoms with Gasteiger partial charge in [0.15, 0.2) is 0 Å². The number of fused-ring (bicyclic) bond motifs is 1. The molecule has 2 aromatic carbocycles. The molecule has 1 atom stereocenters. The molecule has 0 unspecified atom stereocenters. The quantitative estimate of drug-likeness (QED) is 0.815. The van der Waals surface area contributed by atoms with E-state index in [0.29, 0.717) is 0 Å². The molecule has 5 heteroatoms. The molecule has 1 heterocycles. The van der Waals surface area contributed by atoms with E-state index in [0.717, 1.165) is 22.6 Å². The highest BCUT2D eigenvalue weighted by atomic mass is 16.2. The minimum atomic E-state index is -0.570. The van der Waals surface area contributed by atoms with Crippen molar-refractivity contribution in [1.29, 1.82) is 0 Å². The zero-order valence-electron chi connectivity index (χ0n) is 12.2. The lowest BCUT2D eigenvalue weighted by molar-refractivity contribution is -0.122. The van der Waals surface area contributed by atoms with Gasteiger partial charge in [-0.2, -0.15) is 0 Å². The summed E-state index contributed by atoms with van der Waals surface area (Å²) >= 11 is 0. The van der Waals surface area contributed by atoms with Crippen molar-refractivity contribution >= 4 is 28.9 Å². The Labute approximate surface area is 128 Å². The van der Waals surface area contributed by atoms with Crippen molar-refractivity contribution in [2.75, 3.05) is 16.0 Å². The first-order valence-electron chi connectivity index (χ1n) is 7.15. The van der Waals surface area contributed by atoms with E-state index in [1.807, 2.05) is 55.5 Å². The van der Waals surface area contributed by atoms with Crippen LogP contribution in [0.3, 0.4) is 0 Å². The molecule has 112 valence electrons. The van der Waals surface area contributed by atoms with Crippen molar-refractivity contribution in [1.82, 2.24) is 0 Å². The average Bonchev–Trinajstić information content (AvgIpc) is 2.48. The van der Waals surface area contributed by atoms with E-state index in [1.54, 1.807) is 0 Å². The number of anilines is 3. The Morgan fingerprint density at radius 1 is 1.14 bits per heavy atom. The van der Waals surface area contributed by atoms with Crippen molar-refractivity contribution in [2.24, 2.45) is 0 Å². The summed E-state index contributed by atoms with van der Waals surface area (Å²) in [7, 11) is 0. The Morgan fingerprint density at radius 3 is 2.68 bits per heavy atom. The Hall–Kier alpha value is -2.82. The summed E-state index contributed by atoms with van der Waals surface area (Å²) in [6.45, 7) is 1.96. The fourth-order valence-corrected chi connectivity index (χ4v) is 2.46. The Kier molecular flexibility index (Phi) is 3.78. The second-order valence-electron chi connectivity index (χ2n) is 5.35. The third kappa shape index (κ3) is 3.09. The lowest BCUT2D eigenvalue weighted by Crippen LogP contribution is -2.41. The standard InChI is InChI=1S/C17H17N3O2/c1-11-5-4-6-12(9-11)18-16(21)10-15-17(22)20-14-8-3-2-7-13(14)19-15/h2-9,15,19H,10H2,1H3,(H,18,21)(H,20,22)/t15-/m1/s1. The molecule has 5 nitrogen and oxygen atoms in total. The van der Waals surface area contributed by atoms with Gasteiger partial charge in [0, 0.05) is 5.69 Å². The van der Waals surface area contributed by atoms with Crippen molar-refractivity contribution in [3.63, 3.8) is 0 Å². The van der Waals surface area contributed by atoms with Crippen molar-refractivity contribution in [3.05, 3.63) is 54.1 Å². The number of amides is 2. The molecule has 0 fully saturated rings. The fourth-order valence-electron chi connectivity index (χ4n) is 2.46. The van der Waals surface area contributed by atoms with E-state index in [4.69, 9.17) is 0 Å². The molecule has 3 rings (SSSR count). The molecule has 0 saturated carbocycles. The molecule has 0 spiro atoms. The highest BCUT2D eigenvalue weighted by molar-refractivity contribution is 6.06. The summed E-state index contributed by atoms with van der Waals surface area (Å²) in [5.41, 5.74) is 3.38. The maximum Gasteiger partial charge on any atom is 0.247 e. The van der Waals surface area contributed by atoms with Gasteiger partial charge in [-0.1, -0.05) is 24.3 Å². The minimum absolute atomic E-state index is 0.0775. The van der Waals surface area contributed by atoms with Crippen LogP contribution in [-0.2, 0) is 9.59 Å². The van der Waals surface area contributed by atoms with Crippen LogP contribution in [0, 0.1) is 6.92 Å². The first kappa shape index (κ1) is 14.1. The van der Waals surface area contributed by atoms with Gasteiger partial charge in [0.1, 0.15) is 6.04 Å². The van der Waals surface area contributed by atoms with Gasteiger partial charge in [-0.25, -0.2) is 0 Å². The van der Waals surface area contributed by atoms with E-state index >= 15 is 0 Å². The second-order valence-corrected chi connectivity index (χ2v) is 5.35. The van der Waals surface area contributed by atoms with E-state index in [-0.39, 0.29) is 18.2 Å². The topological polar surface area (TPSA) is 70.2 Å². The number of benzene rings is 2. The van der Waals surface area contributed by atoms with Crippen molar-refractivity contribution < 1.29 is 9.59 Å². The van der Waals surface area contributed by atoms with E-state index < -0.39 is 6.04 Å². The molecule has 0 aliphatic carbocycles. The van der Waals surface area contributed by atoms with Crippen LogP contribution in [0.2, 0.25) is 0 Å². The number of aryl methyl sites for hydroxylation is 1. The van der Waals surface area contributed by atoms with Gasteiger partial charge in [0.2, 0.25) is 11.8 Å². The maximum atomic E-state index is 12.1. The lowest BCUT2D eigenvalue weighted by Gasteiger charge is -2.26. The molecule has 0 bridgehead atoms. The number of carbonyl (C=O) groups is 2. The first-order valence-corrected chi connectivity index (χ1v) is 7.15. The van der Waals surface area contributed by atoms with Crippen LogP contribution < -0.4 is 16.0 Å². The first-order chi connectivity index (χ1) is 10.6. The number of hydrogen-bond donors (Lipinski definition) is 3. The molecule has 22 heavy (non-hydrogen) atoms. The maximum absolute atomic E-state index is 12.1. The van der Waals surface area contributed by atoms with Gasteiger partial charge in [-0.3, -0.25) is 9.59 Å². The molecule has 0 radical (unpaired) electrons. The van der Waals surface area contributed by atoms with Gasteiger partial charge >= 0.3 is 0 Å². The third-order valence-electron chi connectivity index (χ3n) is 3.52. The predicted molar refractivity (Wildman–Crippen MR) is 86.9 cm³/mol. The monoisotopic (exact) mass is 295 g/mol. The summed E-state index contributed by atoms with van der Waals surface area (Å²) in [5.74, 6) is -0.393. The highest BCUT2D eigenvalue weighted by Crippen LogP contribution is 2.26. The molecular formula is C17H17N3O2. The highest BCUT2D eigenvalue weighted by Gasteiger charge is 2.27. The van der Waals surface area contributed by atoms with Crippen LogP contribution in [-0.4, -0.2) is 17.9 Å². The van der Waals surface area contributed by atoms with Gasteiger partial charge in [0.05, 0.1) is 17.8 Å². The molecule has 0 aromatic heterocycles. The van der Waals surface area contributed by atoms with Crippen molar-refractivity contribution in [3.8, 4) is 0 Å². The second kappa shape index (κ2) is 5.89. The lowest BCUT2D eigenvalue weighted by atomic mass is 10.1. The van der Waals surface area contributed by atoms with Gasteiger partial charge in [-0.15, -0.1) is 0 Å². The smallest absolute Gasteiger partial charge is 0.247 e. The number of rotatable bonds is 3. The van der Waals surface area contributed by atoms with Crippen LogP contribution >= 0.6 is 0 Å². The Morgan fingerprint density at radius 2 is 1.91 bits per heavy atom. The van der Waals surface area contributed by atoms with Crippen LogP contribution in [0.5, 0.6) is 0 Å². The number of hydrogen-bond acceptors (Lipinski definition) is 3. The molecule has 3 N–H and O–H groups in total. The van der Waals surface area contributed by atoms with Crippen molar-refractivity contribution in [2.45, 2.75) is 19.4 Å². The summed E-state index contributed by atoms with van der Waals surface area (Å²) in [6.07, 6.45) is 0.0775. The Balaban J connectivity index is 1.66. The van der Waals surface area contributed by atoms with E-state index in [9.17, 15) is 9.59 Å². The number of para-hydroxylation sites is 2. The molecule has 1 aliphatic heterocycles. The molecule has 1 aliphatic rings. The van der Waals surface area contributed by atoms with Gasteiger partial charge in [0.25, 0.3) is 0 Å². The summed E-state index contributed by atoms with van der Waals surface area (Å²) < 4.78 is 0. The Bertz CT molecular complexity index is 727. The third-order valence-corrected chi connectivity index (χ3v) is 3.52. The predicted octanol–water partition coefficient (Wildman–Crippen LogP) is 2.76. The molecular weight excluding hydrogens is 278 g/mol. The summed E-state index contributed by atoms with van der Waals surface area (Å²) in [4.78, 5) is 24.2.